The SMILES string of the molecule is CC[C@H]1OC(=O)[C@H](C)[C@@H](O[C@H]2C[C@@](C)(OC)[C@@H](O)[C@H](C)O2)[C@H](C)[C@@H](O[C@@H]2O[C@H](C)C[C@H](N(C)C)[C@H]2O)[C@](C)(O)C[C@@H](C)N(C)C[C@H](C)C[C@]1(C)O. The van der Waals surface area contributed by atoms with Crippen molar-refractivity contribution in [2.45, 2.75) is 186 Å². The number of cyclic esters (lactones) is 1. The molecule has 3 heterocycles. The lowest BCUT2D eigenvalue weighted by Gasteiger charge is -2.49. The van der Waals surface area contributed by atoms with Crippen molar-refractivity contribution in [3.8, 4) is 0 Å². The highest BCUT2D eigenvalue weighted by molar-refractivity contribution is 5.73. The number of methoxy groups -OCH3 is 1. The van der Waals surface area contributed by atoms with Gasteiger partial charge in [-0.2, -0.15) is 0 Å². The highest BCUT2D eigenvalue weighted by Gasteiger charge is 2.52. The molecule has 0 bridgehead atoms. The molecule has 0 spiro atoms. The molecule has 13 heteroatoms. The molecular weight excluding hydrogens is 660 g/mol. The maximum Gasteiger partial charge on any atom is 0.311 e. The molecule has 3 rings (SSSR count). The highest BCUT2D eigenvalue weighted by atomic mass is 16.7. The van der Waals surface area contributed by atoms with Crippen LogP contribution in [-0.4, -0.2) is 155 Å². The molecule has 13 nitrogen and oxygen atoms in total. The van der Waals surface area contributed by atoms with Crippen LogP contribution in [0.25, 0.3) is 0 Å². The van der Waals surface area contributed by atoms with Gasteiger partial charge in [0.15, 0.2) is 12.6 Å². The first-order valence-electron chi connectivity index (χ1n) is 19.0. The Morgan fingerprint density at radius 2 is 1.57 bits per heavy atom. The lowest BCUT2D eigenvalue weighted by molar-refractivity contribution is -0.318. The van der Waals surface area contributed by atoms with E-state index in [1.165, 1.54) is 7.11 Å². The molecule has 0 unspecified atom stereocenters. The Bertz CT molecular complexity index is 1110. The standard InChI is InChI=1S/C38H72N2O11/c1-15-28-36(8,44)17-21(2)20-40(13)22(3)18-37(9,45)33(51-35-30(41)27(39(11)12)16-23(4)47-35)24(5)31(25(6)34(43)49-28)50-29-19-38(10,46-14)32(42)26(7)48-29/h21-33,35,41-42,44-45H,15-20H2,1-14H3/t21-,22-,23-,24+,25-,26+,27+,28-,29+,30-,31+,32+,33-,35+,36+,37-,38-/m1/s1. The van der Waals surface area contributed by atoms with Crippen molar-refractivity contribution in [2.75, 3.05) is 34.8 Å². The third-order valence-electron chi connectivity index (χ3n) is 12.0. The van der Waals surface area contributed by atoms with E-state index in [0.717, 1.165) is 0 Å². The summed E-state index contributed by atoms with van der Waals surface area (Å²) < 4.78 is 37.7. The molecule has 3 fully saturated rings. The van der Waals surface area contributed by atoms with Crippen molar-refractivity contribution in [1.29, 1.82) is 0 Å². The van der Waals surface area contributed by atoms with Crippen LogP contribution in [0, 0.1) is 17.8 Å². The van der Waals surface area contributed by atoms with Crippen LogP contribution in [0.15, 0.2) is 0 Å². The second-order valence-electron chi connectivity index (χ2n) is 17.2. The first kappa shape index (κ1) is 44.4. The summed E-state index contributed by atoms with van der Waals surface area (Å²) >= 11 is 0. The van der Waals surface area contributed by atoms with Crippen molar-refractivity contribution >= 4 is 5.97 Å². The maximum atomic E-state index is 14.2. The van der Waals surface area contributed by atoms with E-state index in [-0.39, 0.29) is 36.9 Å². The third-order valence-corrected chi connectivity index (χ3v) is 12.0. The van der Waals surface area contributed by atoms with Crippen LogP contribution >= 0.6 is 0 Å². The molecule has 0 saturated carbocycles. The zero-order chi connectivity index (χ0) is 38.8. The van der Waals surface area contributed by atoms with Gasteiger partial charge in [0.05, 0.1) is 47.1 Å². The van der Waals surface area contributed by atoms with Gasteiger partial charge in [0.25, 0.3) is 0 Å². The van der Waals surface area contributed by atoms with E-state index in [9.17, 15) is 25.2 Å². The summed E-state index contributed by atoms with van der Waals surface area (Å²) in [6.07, 6.45) is -5.65. The van der Waals surface area contributed by atoms with Crippen molar-refractivity contribution < 1.29 is 53.6 Å². The molecule has 0 aromatic carbocycles. The summed E-state index contributed by atoms with van der Waals surface area (Å²) in [6, 6.07) is -0.368. The van der Waals surface area contributed by atoms with E-state index < -0.39 is 83.8 Å². The van der Waals surface area contributed by atoms with Gasteiger partial charge in [0.1, 0.15) is 18.3 Å². The molecule has 17 atom stereocenters. The molecule has 0 aromatic heterocycles. The Labute approximate surface area is 307 Å². The number of carbonyl (C=O) groups is 1. The van der Waals surface area contributed by atoms with Crippen molar-refractivity contribution in [2.24, 2.45) is 17.8 Å². The van der Waals surface area contributed by atoms with Crippen molar-refractivity contribution in [1.82, 2.24) is 9.80 Å². The normalized spacial score (nSPS) is 48.9. The van der Waals surface area contributed by atoms with Gasteiger partial charge >= 0.3 is 5.97 Å². The average molecular weight is 733 g/mol. The number of aliphatic hydroxyl groups excluding tert-OH is 2. The number of nitrogens with zero attached hydrogens (tertiary/aromatic N) is 2. The Morgan fingerprint density at radius 1 is 0.941 bits per heavy atom. The Kier molecular flexibility index (Phi) is 15.4. The lowest BCUT2D eigenvalue weighted by Crippen LogP contribution is -2.60. The quantitative estimate of drug-likeness (QED) is 0.284. The molecule has 3 saturated heterocycles. The number of rotatable bonds is 7. The summed E-state index contributed by atoms with van der Waals surface area (Å²) in [5.74, 6) is -2.14. The van der Waals surface area contributed by atoms with Crippen LogP contribution in [0.2, 0.25) is 0 Å². The van der Waals surface area contributed by atoms with Gasteiger partial charge in [-0.1, -0.05) is 20.8 Å². The van der Waals surface area contributed by atoms with E-state index in [1.807, 2.05) is 53.7 Å². The van der Waals surface area contributed by atoms with Crippen LogP contribution in [0.1, 0.15) is 101 Å². The minimum atomic E-state index is -1.51. The van der Waals surface area contributed by atoms with Gasteiger partial charge in [-0.25, -0.2) is 0 Å². The first-order chi connectivity index (χ1) is 23.5. The van der Waals surface area contributed by atoms with Crippen LogP contribution in [0.3, 0.4) is 0 Å². The average Bonchev–Trinajstić information content (AvgIpc) is 3.02. The number of hydrogen-bond acceptors (Lipinski definition) is 13. The summed E-state index contributed by atoms with van der Waals surface area (Å²) in [4.78, 5) is 18.3. The molecular formula is C38H72N2O11. The third kappa shape index (κ3) is 10.6. The maximum absolute atomic E-state index is 14.2. The fourth-order valence-corrected chi connectivity index (χ4v) is 8.75. The van der Waals surface area contributed by atoms with Crippen LogP contribution in [-0.2, 0) is 33.2 Å². The van der Waals surface area contributed by atoms with E-state index in [1.54, 1.807) is 34.6 Å². The summed E-state index contributed by atoms with van der Waals surface area (Å²) in [6.45, 7) is 19.1. The number of esters is 1. The summed E-state index contributed by atoms with van der Waals surface area (Å²) in [5.41, 5.74) is -3.79. The smallest absolute Gasteiger partial charge is 0.311 e. The topological polar surface area (TPSA) is 160 Å². The van der Waals surface area contributed by atoms with Crippen molar-refractivity contribution in [3.63, 3.8) is 0 Å². The predicted octanol–water partition coefficient (Wildman–Crippen LogP) is 2.93. The molecule has 0 radical (unpaired) electrons. The minimum Gasteiger partial charge on any atom is -0.459 e. The summed E-state index contributed by atoms with van der Waals surface area (Å²) in [5, 5.41) is 46.6. The van der Waals surface area contributed by atoms with E-state index in [0.29, 0.717) is 25.8 Å². The van der Waals surface area contributed by atoms with Gasteiger partial charge < -0.3 is 58.6 Å². The fourth-order valence-electron chi connectivity index (χ4n) is 8.75. The Balaban J connectivity index is 2.16. The zero-order valence-corrected chi connectivity index (χ0v) is 33.9. The highest BCUT2D eigenvalue weighted by Crippen LogP contribution is 2.40. The molecule has 3 aliphatic rings. The van der Waals surface area contributed by atoms with Crippen LogP contribution in [0.4, 0.5) is 0 Å². The van der Waals surface area contributed by atoms with Gasteiger partial charge in [0, 0.05) is 38.1 Å². The zero-order valence-electron chi connectivity index (χ0n) is 33.9. The Hall–Kier alpha value is -0.970. The van der Waals surface area contributed by atoms with Gasteiger partial charge in [0.2, 0.25) is 0 Å². The second kappa shape index (κ2) is 17.7. The molecule has 0 aliphatic carbocycles. The lowest BCUT2D eigenvalue weighted by atomic mass is 9.78. The monoisotopic (exact) mass is 733 g/mol. The van der Waals surface area contributed by atoms with E-state index in [2.05, 4.69) is 11.8 Å². The number of likely N-dealkylation sites (N-methyl/N-ethyl adjacent to an activating group) is 1. The number of carbonyl (C=O) groups excluding carboxylic acids is 1. The fraction of sp³-hybridized carbons (Fsp3) is 0.974. The van der Waals surface area contributed by atoms with Crippen molar-refractivity contribution in [3.05, 3.63) is 0 Å². The summed E-state index contributed by atoms with van der Waals surface area (Å²) in [7, 11) is 7.32. The number of ether oxygens (including phenoxy) is 6. The molecule has 300 valence electrons. The number of hydrogen-bond donors (Lipinski definition) is 4. The van der Waals surface area contributed by atoms with Gasteiger partial charge in [-0.3, -0.25) is 4.79 Å². The van der Waals surface area contributed by atoms with E-state index >= 15 is 0 Å². The molecule has 4 N–H and O–H groups in total. The molecule has 3 aliphatic heterocycles. The molecule has 0 amide bonds. The largest absolute Gasteiger partial charge is 0.459 e. The first-order valence-corrected chi connectivity index (χ1v) is 19.0. The predicted molar refractivity (Wildman–Crippen MR) is 193 cm³/mol. The number of aliphatic hydroxyl groups is 4. The molecule has 0 aromatic rings. The molecule has 51 heavy (non-hydrogen) atoms. The minimum absolute atomic E-state index is 0.0425. The van der Waals surface area contributed by atoms with Gasteiger partial charge in [-0.05, 0) is 101 Å². The second-order valence-corrected chi connectivity index (χ2v) is 17.2. The Morgan fingerprint density at radius 3 is 2.14 bits per heavy atom. The van der Waals surface area contributed by atoms with E-state index in [4.69, 9.17) is 28.4 Å². The van der Waals surface area contributed by atoms with Crippen LogP contribution in [0.5, 0.6) is 0 Å². The van der Waals surface area contributed by atoms with Gasteiger partial charge in [-0.15, -0.1) is 0 Å². The van der Waals surface area contributed by atoms with Crippen LogP contribution < -0.4 is 0 Å².